The quantitative estimate of drug-likeness (QED) is 0.745. The van der Waals surface area contributed by atoms with Crippen LogP contribution in [0.25, 0.3) is 0 Å². The molecule has 0 aromatic heterocycles. The molecule has 1 aliphatic carbocycles. The second-order valence-electron chi connectivity index (χ2n) is 5.14. The van der Waals surface area contributed by atoms with Gasteiger partial charge in [-0.15, -0.1) is 0 Å². The van der Waals surface area contributed by atoms with Gasteiger partial charge in [0.25, 0.3) is 0 Å². The van der Waals surface area contributed by atoms with E-state index >= 15 is 0 Å². The standard InChI is InChI=1S/C15H18BrF2NO/c16-7-8-19(12-3-1-2-4-12)15(20)10-11-5-6-13(17)14(18)9-11/h5-6,9,12H,1-4,7-8,10H2. The molecule has 0 radical (unpaired) electrons. The molecule has 1 saturated carbocycles. The lowest BCUT2D eigenvalue weighted by Gasteiger charge is -2.28. The summed E-state index contributed by atoms with van der Waals surface area (Å²) in [5.41, 5.74) is 0.520. The van der Waals surface area contributed by atoms with Gasteiger partial charge in [-0.05, 0) is 30.5 Å². The molecule has 0 spiro atoms. The molecular weight excluding hydrogens is 328 g/mol. The van der Waals surface area contributed by atoms with Gasteiger partial charge in [-0.3, -0.25) is 4.79 Å². The average molecular weight is 346 g/mol. The van der Waals surface area contributed by atoms with Gasteiger partial charge in [-0.1, -0.05) is 34.8 Å². The van der Waals surface area contributed by atoms with Gasteiger partial charge in [0.1, 0.15) is 0 Å². The topological polar surface area (TPSA) is 20.3 Å². The summed E-state index contributed by atoms with van der Waals surface area (Å²) in [4.78, 5) is 14.3. The number of amides is 1. The molecule has 0 saturated heterocycles. The molecular formula is C15H18BrF2NO. The maximum atomic E-state index is 13.2. The van der Waals surface area contributed by atoms with Crippen molar-refractivity contribution >= 4 is 21.8 Å². The zero-order valence-electron chi connectivity index (χ0n) is 11.2. The first kappa shape index (κ1) is 15.4. The third-order valence-electron chi connectivity index (χ3n) is 3.75. The minimum absolute atomic E-state index is 0.0117. The first-order valence-electron chi connectivity index (χ1n) is 6.91. The van der Waals surface area contributed by atoms with Crippen LogP contribution in [0.3, 0.4) is 0 Å². The molecule has 1 aromatic carbocycles. The zero-order valence-corrected chi connectivity index (χ0v) is 12.8. The fourth-order valence-corrected chi connectivity index (χ4v) is 3.13. The van der Waals surface area contributed by atoms with Crippen LogP contribution in [0.1, 0.15) is 31.2 Å². The highest BCUT2D eigenvalue weighted by atomic mass is 79.9. The highest BCUT2D eigenvalue weighted by Gasteiger charge is 2.26. The van der Waals surface area contributed by atoms with Crippen molar-refractivity contribution < 1.29 is 13.6 Å². The molecule has 2 nitrogen and oxygen atoms in total. The smallest absolute Gasteiger partial charge is 0.227 e. The van der Waals surface area contributed by atoms with E-state index in [1.165, 1.54) is 6.07 Å². The van der Waals surface area contributed by atoms with Crippen molar-refractivity contribution in [2.45, 2.75) is 38.1 Å². The lowest BCUT2D eigenvalue weighted by molar-refractivity contribution is -0.132. The number of carbonyl (C=O) groups excluding carboxylic acids is 1. The van der Waals surface area contributed by atoms with Gasteiger partial charge in [0.15, 0.2) is 11.6 Å². The lowest BCUT2D eigenvalue weighted by Crippen LogP contribution is -2.41. The van der Waals surface area contributed by atoms with Crippen molar-refractivity contribution in [2.24, 2.45) is 0 Å². The molecule has 110 valence electrons. The van der Waals surface area contributed by atoms with Gasteiger partial charge >= 0.3 is 0 Å². The molecule has 20 heavy (non-hydrogen) atoms. The Bertz CT molecular complexity index is 475. The van der Waals surface area contributed by atoms with Crippen LogP contribution < -0.4 is 0 Å². The van der Waals surface area contributed by atoms with Crippen LogP contribution in [-0.2, 0) is 11.2 Å². The zero-order chi connectivity index (χ0) is 14.5. The van der Waals surface area contributed by atoms with E-state index in [2.05, 4.69) is 15.9 Å². The Morgan fingerprint density at radius 3 is 2.55 bits per heavy atom. The summed E-state index contributed by atoms with van der Waals surface area (Å²) >= 11 is 3.37. The van der Waals surface area contributed by atoms with Crippen LogP contribution in [-0.4, -0.2) is 28.7 Å². The predicted molar refractivity (Wildman–Crippen MR) is 77.8 cm³/mol. The summed E-state index contributed by atoms with van der Waals surface area (Å²) < 4.78 is 26.1. The van der Waals surface area contributed by atoms with Crippen molar-refractivity contribution in [3.05, 3.63) is 35.4 Å². The van der Waals surface area contributed by atoms with E-state index in [0.29, 0.717) is 18.2 Å². The Labute approximate surface area is 126 Å². The van der Waals surface area contributed by atoms with Crippen molar-refractivity contribution in [3.8, 4) is 0 Å². The van der Waals surface area contributed by atoms with Crippen LogP contribution in [0.5, 0.6) is 0 Å². The Kier molecular flexibility index (Phi) is 5.52. The van der Waals surface area contributed by atoms with Gasteiger partial charge < -0.3 is 4.90 Å². The van der Waals surface area contributed by atoms with Crippen LogP contribution in [0.2, 0.25) is 0 Å². The number of rotatable bonds is 5. The van der Waals surface area contributed by atoms with Crippen LogP contribution in [0.15, 0.2) is 18.2 Å². The van der Waals surface area contributed by atoms with Gasteiger partial charge in [-0.25, -0.2) is 8.78 Å². The van der Waals surface area contributed by atoms with Gasteiger partial charge in [-0.2, -0.15) is 0 Å². The third kappa shape index (κ3) is 3.78. The fourth-order valence-electron chi connectivity index (χ4n) is 2.74. The summed E-state index contributed by atoms with van der Waals surface area (Å²) in [5, 5.41) is 0.729. The summed E-state index contributed by atoms with van der Waals surface area (Å²) in [6, 6.07) is 3.94. The number of halogens is 3. The maximum Gasteiger partial charge on any atom is 0.227 e. The largest absolute Gasteiger partial charge is 0.339 e. The minimum Gasteiger partial charge on any atom is -0.339 e. The van der Waals surface area contributed by atoms with Gasteiger partial charge in [0.05, 0.1) is 6.42 Å². The molecule has 1 amide bonds. The second kappa shape index (κ2) is 7.16. The highest BCUT2D eigenvalue weighted by Crippen LogP contribution is 2.24. The molecule has 1 fully saturated rings. The monoisotopic (exact) mass is 345 g/mol. The molecule has 0 unspecified atom stereocenters. The molecule has 1 aromatic rings. The van der Waals surface area contributed by atoms with E-state index in [0.717, 1.165) is 43.1 Å². The summed E-state index contributed by atoms with van der Waals surface area (Å²) in [6.07, 6.45) is 4.51. The highest BCUT2D eigenvalue weighted by molar-refractivity contribution is 9.09. The van der Waals surface area contributed by atoms with Crippen molar-refractivity contribution in [2.75, 3.05) is 11.9 Å². The first-order chi connectivity index (χ1) is 9.61. The number of hydrogen-bond donors (Lipinski definition) is 0. The minimum atomic E-state index is -0.900. The number of hydrogen-bond acceptors (Lipinski definition) is 1. The van der Waals surface area contributed by atoms with E-state index in [1.54, 1.807) is 0 Å². The van der Waals surface area contributed by atoms with E-state index < -0.39 is 11.6 Å². The molecule has 0 bridgehead atoms. The summed E-state index contributed by atoms with van der Waals surface area (Å²) in [5.74, 6) is -1.79. The Morgan fingerprint density at radius 1 is 1.25 bits per heavy atom. The lowest BCUT2D eigenvalue weighted by atomic mass is 10.1. The Hall–Kier alpha value is -0.970. The van der Waals surface area contributed by atoms with E-state index in [9.17, 15) is 13.6 Å². The predicted octanol–water partition coefficient (Wildman–Crippen LogP) is 3.67. The van der Waals surface area contributed by atoms with Crippen LogP contribution in [0.4, 0.5) is 8.78 Å². The molecule has 0 heterocycles. The molecule has 0 aliphatic heterocycles. The second-order valence-corrected chi connectivity index (χ2v) is 5.93. The first-order valence-corrected chi connectivity index (χ1v) is 8.03. The third-order valence-corrected chi connectivity index (χ3v) is 4.11. The SMILES string of the molecule is O=C(Cc1ccc(F)c(F)c1)N(CCBr)C1CCCC1. The number of nitrogens with zero attached hydrogens (tertiary/aromatic N) is 1. The molecule has 5 heteroatoms. The van der Waals surface area contributed by atoms with E-state index in [4.69, 9.17) is 0 Å². The van der Waals surface area contributed by atoms with E-state index in [1.807, 2.05) is 4.90 Å². The fraction of sp³-hybridized carbons (Fsp3) is 0.533. The summed E-state index contributed by atoms with van der Waals surface area (Å²) in [6.45, 7) is 0.660. The van der Waals surface area contributed by atoms with Crippen LogP contribution >= 0.6 is 15.9 Å². The number of benzene rings is 1. The molecule has 0 atom stereocenters. The summed E-state index contributed by atoms with van der Waals surface area (Å²) in [7, 11) is 0. The van der Waals surface area contributed by atoms with Gasteiger partial charge in [0.2, 0.25) is 5.91 Å². The molecule has 2 rings (SSSR count). The van der Waals surface area contributed by atoms with Crippen molar-refractivity contribution in [1.29, 1.82) is 0 Å². The molecule has 0 N–H and O–H groups in total. The molecule has 1 aliphatic rings. The van der Waals surface area contributed by atoms with Crippen LogP contribution in [0, 0.1) is 11.6 Å². The normalized spacial score (nSPS) is 15.6. The van der Waals surface area contributed by atoms with E-state index in [-0.39, 0.29) is 12.3 Å². The number of carbonyl (C=O) groups is 1. The Balaban J connectivity index is 2.05. The average Bonchev–Trinajstić information content (AvgIpc) is 2.94. The van der Waals surface area contributed by atoms with Crippen molar-refractivity contribution in [1.82, 2.24) is 4.90 Å². The number of alkyl halides is 1. The van der Waals surface area contributed by atoms with Crippen molar-refractivity contribution in [3.63, 3.8) is 0 Å². The Morgan fingerprint density at radius 2 is 1.95 bits per heavy atom. The van der Waals surface area contributed by atoms with Gasteiger partial charge in [0, 0.05) is 17.9 Å². The maximum absolute atomic E-state index is 13.2.